The summed E-state index contributed by atoms with van der Waals surface area (Å²) >= 11 is 13.0. The van der Waals surface area contributed by atoms with Crippen molar-refractivity contribution in [3.8, 4) is 5.75 Å². The highest BCUT2D eigenvalue weighted by atomic mass is 35.5. The Morgan fingerprint density at radius 1 is 0.943 bits per heavy atom. The number of ketones is 2. The van der Waals surface area contributed by atoms with Crippen LogP contribution in [0.1, 0.15) is 65.9 Å². The maximum atomic E-state index is 13.1. The number of aromatic carboxylic acids is 1. The third kappa shape index (κ3) is 4.48. The van der Waals surface area contributed by atoms with Crippen LogP contribution in [0.25, 0.3) is 0 Å². The maximum absolute atomic E-state index is 13.1. The molecular formula is C27H22Cl2O6. The molecule has 2 aromatic carbocycles. The van der Waals surface area contributed by atoms with Gasteiger partial charge in [0.05, 0.1) is 16.5 Å². The summed E-state index contributed by atoms with van der Waals surface area (Å²) in [6.07, 6.45) is 3.43. The van der Waals surface area contributed by atoms with Gasteiger partial charge in [-0.1, -0.05) is 35.3 Å². The molecule has 0 aromatic heterocycles. The molecule has 0 unspecified atom stereocenters. The smallest absolute Gasteiger partial charge is 0.335 e. The summed E-state index contributed by atoms with van der Waals surface area (Å²) in [7, 11) is 0. The first kappa shape index (κ1) is 23.6. The first-order valence-corrected chi connectivity index (χ1v) is 12.2. The van der Waals surface area contributed by atoms with Crippen LogP contribution in [0.2, 0.25) is 10.0 Å². The molecule has 0 amide bonds. The Balaban J connectivity index is 1.59. The topological polar surface area (TPSA) is 89.9 Å². The molecule has 0 saturated carbocycles. The first-order chi connectivity index (χ1) is 16.8. The molecule has 2 aromatic rings. The second-order valence-electron chi connectivity index (χ2n) is 8.86. The number of hydrogen-bond donors (Lipinski definition) is 1. The minimum Gasteiger partial charge on any atom is -0.487 e. The number of carboxylic acids is 1. The van der Waals surface area contributed by atoms with E-state index in [1.165, 1.54) is 12.1 Å². The van der Waals surface area contributed by atoms with Crippen molar-refractivity contribution in [2.45, 2.75) is 51.0 Å². The van der Waals surface area contributed by atoms with Crippen molar-refractivity contribution in [2.24, 2.45) is 0 Å². The Hall–Kier alpha value is -3.09. The monoisotopic (exact) mass is 512 g/mol. The van der Waals surface area contributed by atoms with Crippen molar-refractivity contribution in [2.75, 3.05) is 0 Å². The normalized spacial score (nSPS) is 18.2. The number of ether oxygens (including phenoxy) is 2. The Kier molecular flexibility index (Phi) is 6.43. The lowest BCUT2D eigenvalue weighted by atomic mass is 9.73. The molecule has 0 bridgehead atoms. The van der Waals surface area contributed by atoms with Crippen LogP contribution in [0.3, 0.4) is 0 Å². The van der Waals surface area contributed by atoms with Crippen LogP contribution >= 0.6 is 23.2 Å². The van der Waals surface area contributed by atoms with E-state index in [2.05, 4.69) is 0 Å². The Bertz CT molecular complexity index is 1260. The van der Waals surface area contributed by atoms with Crippen LogP contribution in [0.4, 0.5) is 0 Å². The van der Waals surface area contributed by atoms with Gasteiger partial charge < -0.3 is 14.6 Å². The van der Waals surface area contributed by atoms with E-state index < -0.39 is 11.9 Å². The number of hydrogen-bond acceptors (Lipinski definition) is 5. The standard InChI is InChI=1S/C27H22Cl2O6/c28-16-11-17(26(18(29)12-16)34-13-14-7-9-15(10-8-14)27(32)33)23-24-19(30)3-1-5-21(24)35-22-6-2-4-20(31)25(22)23/h7-12,23H,1-6,13H2,(H,32,33). The molecule has 3 aliphatic rings. The maximum Gasteiger partial charge on any atom is 0.335 e. The number of rotatable bonds is 5. The Labute approximate surface area is 212 Å². The predicted octanol–water partition coefficient (Wildman–Crippen LogP) is 6.40. The molecule has 2 aliphatic carbocycles. The molecule has 8 heteroatoms. The fourth-order valence-corrected chi connectivity index (χ4v) is 5.54. The van der Waals surface area contributed by atoms with Gasteiger partial charge in [0.2, 0.25) is 0 Å². The second-order valence-corrected chi connectivity index (χ2v) is 9.70. The molecule has 5 rings (SSSR count). The Morgan fingerprint density at radius 3 is 2.11 bits per heavy atom. The van der Waals surface area contributed by atoms with Crippen molar-refractivity contribution in [3.05, 3.63) is 85.8 Å². The van der Waals surface area contributed by atoms with E-state index in [0.29, 0.717) is 77.5 Å². The van der Waals surface area contributed by atoms with Gasteiger partial charge in [0.15, 0.2) is 11.6 Å². The van der Waals surface area contributed by atoms with E-state index in [0.717, 1.165) is 5.56 Å². The molecule has 1 aliphatic heterocycles. The highest BCUT2D eigenvalue weighted by molar-refractivity contribution is 6.35. The zero-order chi connectivity index (χ0) is 24.7. The Morgan fingerprint density at radius 2 is 1.54 bits per heavy atom. The summed E-state index contributed by atoms with van der Waals surface area (Å²) in [5, 5.41) is 9.75. The highest BCUT2D eigenvalue weighted by Crippen LogP contribution is 2.51. The molecule has 6 nitrogen and oxygen atoms in total. The van der Waals surface area contributed by atoms with Crippen LogP contribution in [0.15, 0.2) is 59.1 Å². The molecule has 1 heterocycles. The van der Waals surface area contributed by atoms with Gasteiger partial charge in [0, 0.05) is 47.4 Å². The van der Waals surface area contributed by atoms with E-state index in [1.807, 2.05) is 0 Å². The minimum absolute atomic E-state index is 0.0486. The molecule has 180 valence electrons. The number of allylic oxidation sites excluding steroid dienone is 4. The van der Waals surface area contributed by atoms with Gasteiger partial charge in [-0.2, -0.15) is 0 Å². The lowest BCUT2D eigenvalue weighted by Gasteiger charge is -2.36. The van der Waals surface area contributed by atoms with Gasteiger partial charge in [-0.25, -0.2) is 4.79 Å². The number of carbonyl (C=O) groups is 3. The quantitative estimate of drug-likeness (QED) is 0.498. The third-order valence-electron chi connectivity index (χ3n) is 6.57. The van der Waals surface area contributed by atoms with Crippen LogP contribution in [0.5, 0.6) is 5.75 Å². The zero-order valence-corrected chi connectivity index (χ0v) is 20.2. The number of carbonyl (C=O) groups excluding carboxylic acids is 2. The van der Waals surface area contributed by atoms with E-state index in [4.69, 9.17) is 37.8 Å². The average Bonchev–Trinajstić information content (AvgIpc) is 2.82. The first-order valence-electron chi connectivity index (χ1n) is 11.5. The van der Waals surface area contributed by atoms with Crippen molar-refractivity contribution >= 4 is 40.7 Å². The van der Waals surface area contributed by atoms with E-state index in [-0.39, 0.29) is 28.8 Å². The zero-order valence-electron chi connectivity index (χ0n) is 18.7. The number of benzene rings is 2. The largest absolute Gasteiger partial charge is 0.487 e. The predicted molar refractivity (Wildman–Crippen MR) is 130 cm³/mol. The van der Waals surface area contributed by atoms with E-state index >= 15 is 0 Å². The second kappa shape index (κ2) is 9.51. The summed E-state index contributed by atoms with van der Waals surface area (Å²) in [5.41, 5.74) is 2.44. The lowest BCUT2D eigenvalue weighted by molar-refractivity contribution is -0.117. The number of carboxylic acid groups (broad SMARTS) is 1. The molecule has 35 heavy (non-hydrogen) atoms. The summed E-state index contributed by atoms with van der Waals surface area (Å²) < 4.78 is 12.3. The highest BCUT2D eigenvalue weighted by Gasteiger charge is 2.43. The van der Waals surface area contributed by atoms with Gasteiger partial charge in [-0.3, -0.25) is 9.59 Å². The van der Waals surface area contributed by atoms with Crippen LogP contribution in [-0.2, 0) is 20.9 Å². The summed E-state index contributed by atoms with van der Waals surface area (Å²) in [5.74, 6) is -0.199. The molecular weight excluding hydrogens is 491 g/mol. The molecule has 0 saturated heterocycles. The molecule has 1 N–H and O–H groups in total. The van der Waals surface area contributed by atoms with Crippen molar-refractivity contribution in [3.63, 3.8) is 0 Å². The lowest BCUT2D eigenvalue weighted by Crippen LogP contribution is -2.30. The number of halogens is 2. The number of Topliss-reactive ketones (excluding diaryl/α,β-unsaturated/α-hetero) is 2. The van der Waals surface area contributed by atoms with E-state index in [9.17, 15) is 14.4 Å². The van der Waals surface area contributed by atoms with Crippen molar-refractivity contribution < 1.29 is 29.0 Å². The molecule has 0 fully saturated rings. The van der Waals surface area contributed by atoms with E-state index in [1.54, 1.807) is 24.3 Å². The van der Waals surface area contributed by atoms with Crippen LogP contribution in [-0.4, -0.2) is 22.6 Å². The fourth-order valence-electron chi connectivity index (χ4n) is 4.97. The summed E-state index contributed by atoms with van der Waals surface area (Å²) in [6, 6.07) is 9.59. The SMILES string of the molecule is O=C1CCCC2=C1C(c1cc(Cl)cc(Cl)c1OCc1ccc(C(=O)O)cc1)C1=C(CCCC1=O)O2. The van der Waals surface area contributed by atoms with Gasteiger partial charge in [0.1, 0.15) is 23.9 Å². The van der Waals surface area contributed by atoms with Gasteiger partial charge in [-0.15, -0.1) is 0 Å². The summed E-state index contributed by atoms with van der Waals surface area (Å²) in [6.45, 7) is 0.108. The molecule has 0 radical (unpaired) electrons. The third-order valence-corrected chi connectivity index (χ3v) is 7.07. The average molecular weight is 513 g/mol. The summed E-state index contributed by atoms with van der Waals surface area (Å²) in [4.78, 5) is 37.4. The van der Waals surface area contributed by atoms with Crippen LogP contribution < -0.4 is 4.74 Å². The minimum atomic E-state index is -1.01. The van der Waals surface area contributed by atoms with Gasteiger partial charge >= 0.3 is 5.97 Å². The molecule has 0 spiro atoms. The van der Waals surface area contributed by atoms with Crippen molar-refractivity contribution in [1.82, 2.24) is 0 Å². The van der Waals surface area contributed by atoms with Crippen molar-refractivity contribution in [1.29, 1.82) is 0 Å². The van der Waals surface area contributed by atoms with Crippen LogP contribution in [0, 0.1) is 0 Å². The van der Waals surface area contributed by atoms with Gasteiger partial charge in [-0.05, 0) is 42.7 Å². The fraction of sp³-hybridized carbons (Fsp3) is 0.296. The molecule has 0 atom stereocenters. The van der Waals surface area contributed by atoms with Gasteiger partial charge in [0.25, 0.3) is 0 Å².